The van der Waals surface area contributed by atoms with Crippen LogP contribution in [0.3, 0.4) is 0 Å². The van der Waals surface area contributed by atoms with Gasteiger partial charge in [0.1, 0.15) is 0 Å². The van der Waals surface area contributed by atoms with Crippen molar-refractivity contribution in [2.45, 2.75) is 19.0 Å². The summed E-state index contributed by atoms with van der Waals surface area (Å²) in [5, 5.41) is 6.08. The summed E-state index contributed by atoms with van der Waals surface area (Å²) in [5.74, 6) is -0.476. The summed E-state index contributed by atoms with van der Waals surface area (Å²) in [5.41, 5.74) is 6.55. The zero-order chi connectivity index (χ0) is 14.4. The van der Waals surface area contributed by atoms with Gasteiger partial charge in [0.15, 0.2) is 0 Å². The number of ether oxygens (including phenoxy) is 1. The largest absolute Gasteiger partial charge is 0.378 e. The minimum Gasteiger partial charge on any atom is -0.378 e. The number of hydrogen-bond acceptors (Lipinski definition) is 4. The maximum absolute atomic E-state index is 11.8. The number of nitrogens with one attached hydrogen (secondary N) is 2. The Morgan fingerprint density at radius 3 is 2.62 bits per heavy atom. The average Bonchev–Trinajstić information content (AvgIpc) is 2.46. The fourth-order valence-corrected chi connectivity index (χ4v) is 2.03. The number of rotatable bonds is 5. The highest BCUT2D eigenvalue weighted by Gasteiger charge is 2.16. The second kappa shape index (κ2) is 8.61. The zero-order valence-corrected chi connectivity index (χ0v) is 12.4. The molecule has 2 rings (SSSR count). The Hall–Kier alpha value is -1.63. The summed E-state index contributed by atoms with van der Waals surface area (Å²) >= 11 is 0. The van der Waals surface area contributed by atoms with Crippen LogP contribution in [-0.4, -0.2) is 37.6 Å². The molecule has 21 heavy (non-hydrogen) atoms. The highest BCUT2D eigenvalue weighted by Crippen LogP contribution is 2.04. The molecule has 0 aliphatic carbocycles. The van der Waals surface area contributed by atoms with E-state index in [1.54, 1.807) is 24.3 Å². The fourth-order valence-electron chi connectivity index (χ4n) is 2.03. The molecule has 1 heterocycles. The van der Waals surface area contributed by atoms with Gasteiger partial charge in [-0.1, -0.05) is 12.1 Å². The molecule has 1 fully saturated rings. The van der Waals surface area contributed by atoms with Crippen LogP contribution >= 0.6 is 12.4 Å². The van der Waals surface area contributed by atoms with Crippen LogP contribution in [-0.2, 0) is 16.1 Å². The van der Waals surface area contributed by atoms with E-state index in [1.165, 1.54) is 0 Å². The minimum absolute atomic E-state index is 0. The standard InChI is InChI=1S/C14H19N3O3.ClH/c15-14(19)11-3-1-10(2-4-11)8-17-13(18)7-12-9-20-6-5-16-12;/h1-4,12,16H,5-9H2,(H2,15,19)(H,17,18);1H. The Balaban J connectivity index is 0.00000220. The lowest BCUT2D eigenvalue weighted by atomic mass is 10.1. The molecule has 116 valence electrons. The molecule has 1 aliphatic heterocycles. The molecule has 1 atom stereocenters. The number of benzene rings is 1. The lowest BCUT2D eigenvalue weighted by Crippen LogP contribution is -2.44. The molecule has 2 amide bonds. The molecule has 0 saturated carbocycles. The number of carbonyl (C=O) groups excluding carboxylic acids is 2. The van der Waals surface area contributed by atoms with Gasteiger partial charge in [0.05, 0.1) is 13.2 Å². The zero-order valence-electron chi connectivity index (χ0n) is 11.6. The van der Waals surface area contributed by atoms with Crippen molar-refractivity contribution < 1.29 is 14.3 Å². The molecule has 1 unspecified atom stereocenters. The second-order valence-corrected chi connectivity index (χ2v) is 4.77. The van der Waals surface area contributed by atoms with Gasteiger partial charge in [-0.2, -0.15) is 0 Å². The van der Waals surface area contributed by atoms with Crippen molar-refractivity contribution in [2.75, 3.05) is 19.8 Å². The Bertz CT molecular complexity index is 473. The Morgan fingerprint density at radius 2 is 2.05 bits per heavy atom. The van der Waals surface area contributed by atoms with Crippen molar-refractivity contribution in [1.29, 1.82) is 0 Å². The maximum atomic E-state index is 11.8. The van der Waals surface area contributed by atoms with Gasteiger partial charge in [0.2, 0.25) is 11.8 Å². The number of morpholine rings is 1. The number of amides is 2. The Labute approximate surface area is 129 Å². The predicted octanol–water partition coefficient (Wildman–Crippen LogP) is 0.202. The molecular formula is C14H20ClN3O3. The Morgan fingerprint density at radius 1 is 1.33 bits per heavy atom. The third kappa shape index (κ3) is 5.71. The van der Waals surface area contributed by atoms with Crippen molar-refractivity contribution in [3.05, 3.63) is 35.4 Å². The van der Waals surface area contributed by atoms with Gasteiger partial charge in [-0.25, -0.2) is 0 Å². The van der Waals surface area contributed by atoms with E-state index in [9.17, 15) is 9.59 Å². The molecule has 1 aromatic rings. The molecule has 0 aromatic heterocycles. The number of carbonyl (C=O) groups is 2. The average molecular weight is 314 g/mol. The van der Waals surface area contributed by atoms with E-state index >= 15 is 0 Å². The van der Waals surface area contributed by atoms with E-state index in [-0.39, 0.29) is 24.4 Å². The third-order valence-corrected chi connectivity index (χ3v) is 3.16. The van der Waals surface area contributed by atoms with Crippen LogP contribution in [0.5, 0.6) is 0 Å². The van der Waals surface area contributed by atoms with Crippen molar-refractivity contribution >= 4 is 24.2 Å². The predicted molar refractivity (Wildman–Crippen MR) is 81.3 cm³/mol. The van der Waals surface area contributed by atoms with E-state index in [0.717, 1.165) is 12.1 Å². The van der Waals surface area contributed by atoms with Gasteiger partial charge in [0, 0.05) is 31.1 Å². The van der Waals surface area contributed by atoms with Crippen molar-refractivity contribution in [3.63, 3.8) is 0 Å². The van der Waals surface area contributed by atoms with Gasteiger partial charge < -0.3 is 21.1 Å². The van der Waals surface area contributed by atoms with Crippen LogP contribution in [0, 0.1) is 0 Å². The van der Waals surface area contributed by atoms with Crippen molar-refractivity contribution in [2.24, 2.45) is 5.73 Å². The normalized spacial score (nSPS) is 17.6. The van der Waals surface area contributed by atoms with Crippen LogP contribution in [0.15, 0.2) is 24.3 Å². The van der Waals surface area contributed by atoms with Crippen molar-refractivity contribution in [1.82, 2.24) is 10.6 Å². The smallest absolute Gasteiger partial charge is 0.248 e. The van der Waals surface area contributed by atoms with Gasteiger partial charge in [-0.05, 0) is 17.7 Å². The van der Waals surface area contributed by atoms with E-state index in [0.29, 0.717) is 31.7 Å². The van der Waals surface area contributed by atoms with E-state index in [4.69, 9.17) is 10.5 Å². The molecule has 0 bridgehead atoms. The molecule has 4 N–H and O–H groups in total. The number of primary amides is 1. The first-order valence-electron chi connectivity index (χ1n) is 6.62. The number of hydrogen-bond donors (Lipinski definition) is 3. The SMILES string of the molecule is Cl.NC(=O)c1ccc(CNC(=O)CC2COCCN2)cc1. The molecule has 6 nitrogen and oxygen atoms in total. The van der Waals surface area contributed by atoms with Gasteiger partial charge in [0.25, 0.3) is 0 Å². The monoisotopic (exact) mass is 313 g/mol. The third-order valence-electron chi connectivity index (χ3n) is 3.16. The van der Waals surface area contributed by atoms with E-state index in [2.05, 4.69) is 10.6 Å². The lowest BCUT2D eigenvalue weighted by molar-refractivity contribution is -0.122. The number of nitrogens with two attached hydrogens (primary N) is 1. The van der Waals surface area contributed by atoms with Crippen LogP contribution in [0.2, 0.25) is 0 Å². The second-order valence-electron chi connectivity index (χ2n) is 4.77. The minimum atomic E-state index is -0.455. The summed E-state index contributed by atoms with van der Waals surface area (Å²) in [6.07, 6.45) is 0.402. The van der Waals surface area contributed by atoms with E-state index < -0.39 is 5.91 Å². The topological polar surface area (TPSA) is 93.5 Å². The van der Waals surface area contributed by atoms with Gasteiger partial charge >= 0.3 is 0 Å². The summed E-state index contributed by atoms with van der Waals surface area (Å²) in [7, 11) is 0. The Kier molecular flexibility index (Phi) is 7.14. The molecule has 0 spiro atoms. The summed E-state index contributed by atoms with van der Waals surface area (Å²) in [6.45, 7) is 2.49. The maximum Gasteiger partial charge on any atom is 0.248 e. The first-order chi connectivity index (χ1) is 9.65. The first-order valence-corrected chi connectivity index (χ1v) is 6.62. The summed E-state index contributed by atoms with van der Waals surface area (Å²) < 4.78 is 5.30. The molecule has 0 radical (unpaired) electrons. The van der Waals surface area contributed by atoms with Crippen molar-refractivity contribution in [3.8, 4) is 0 Å². The molecule has 7 heteroatoms. The first kappa shape index (κ1) is 17.4. The molecule has 1 aromatic carbocycles. The molecule has 1 aliphatic rings. The van der Waals surface area contributed by atoms with Crippen LogP contribution in [0.4, 0.5) is 0 Å². The fraction of sp³-hybridized carbons (Fsp3) is 0.429. The number of halogens is 1. The van der Waals surface area contributed by atoms with Crippen LogP contribution in [0.25, 0.3) is 0 Å². The summed E-state index contributed by atoms with van der Waals surface area (Å²) in [6, 6.07) is 6.95. The highest BCUT2D eigenvalue weighted by atomic mass is 35.5. The molecular weight excluding hydrogens is 294 g/mol. The van der Waals surface area contributed by atoms with E-state index in [1.807, 2.05) is 0 Å². The van der Waals surface area contributed by atoms with Crippen LogP contribution in [0.1, 0.15) is 22.3 Å². The quantitative estimate of drug-likeness (QED) is 0.724. The van der Waals surface area contributed by atoms with Crippen LogP contribution < -0.4 is 16.4 Å². The lowest BCUT2D eigenvalue weighted by Gasteiger charge is -2.23. The van der Waals surface area contributed by atoms with Gasteiger partial charge in [-0.15, -0.1) is 12.4 Å². The summed E-state index contributed by atoms with van der Waals surface area (Å²) in [4.78, 5) is 22.7. The van der Waals surface area contributed by atoms with Gasteiger partial charge in [-0.3, -0.25) is 9.59 Å². The molecule has 1 saturated heterocycles. The highest BCUT2D eigenvalue weighted by molar-refractivity contribution is 5.92.